The molecule has 0 saturated carbocycles. The predicted octanol–water partition coefficient (Wildman–Crippen LogP) is 3.36. The number of amides is 1. The van der Waals surface area contributed by atoms with Crippen LogP contribution in [-0.4, -0.2) is 18.1 Å². The summed E-state index contributed by atoms with van der Waals surface area (Å²) in [6.45, 7) is 0. The van der Waals surface area contributed by atoms with Gasteiger partial charge in [0.25, 0.3) is 0 Å². The first kappa shape index (κ1) is 16.6. The quantitative estimate of drug-likeness (QED) is 0.667. The molecule has 0 aliphatic rings. The van der Waals surface area contributed by atoms with E-state index in [1.54, 1.807) is 37.5 Å². The van der Waals surface area contributed by atoms with Crippen molar-refractivity contribution in [2.24, 2.45) is 0 Å². The van der Waals surface area contributed by atoms with Gasteiger partial charge in [-0.15, -0.1) is 0 Å². The van der Waals surface area contributed by atoms with Crippen LogP contribution >= 0.6 is 12.2 Å². The number of benzene rings is 2. The third kappa shape index (κ3) is 5.19. The third-order valence-corrected chi connectivity index (χ3v) is 3.09. The lowest BCUT2D eigenvalue weighted by Gasteiger charge is -2.11. The number of ether oxygens (including phenoxy) is 1. The highest BCUT2D eigenvalue weighted by Crippen LogP contribution is 2.22. The second-order valence-electron chi connectivity index (χ2n) is 4.53. The van der Waals surface area contributed by atoms with Crippen molar-refractivity contribution in [2.45, 2.75) is 0 Å². The summed E-state index contributed by atoms with van der Waals surface area (Å²) in [5.74, 6) is -0.0959. The third-order valence-electron chi connectivity index (χ3n) is 2.89. The zero-order chi connectivity index (χ0) is 16.7. The second-order valence-corrected chi connectivity index (χ2v) is 4.94. The van der Waals surface area contributed by atoms with Crippen molar-refractivity contribution < 1.29 is 13.9 Å². The van der Waals surface area contributed by atoms with Gasteiger partial charge in [0.1, 0.15) is 11.6 Å². The molecule has 0 bridgehead atoms. The molecule has 2 N–H and O–H groups in total. The van der Waals surface area contributed by atoms with Gasteiger partial charge in [0.2, 0.25) is 5.91 Å². The Balaban J connectivity index is 1.92. The number of methoxy groups -OCH3 is 1. The number of halogens is 1. The van der Waals surface area contributed by atoms with E-state index in [0.717, 1.165) is 0 Å². The molecule has 0 saturated heterocycles. The van der Waals surface area contributed by atoms with Crippen molar-refractivity contribution in [3.8, 4) is 5.75 Å². The first-order chi connectivity index (χ1) is 11.1. The largest absolute Gasteiger partial charge is 0.495 e. The Labute approximate surface area is 139 Å². The van der Waals surface area contributed by atoms with Crippen molar-refractivity contribution in [1.82, 2.24) is 5.32 Å². The van der Waals surface area contributed by atoms with Crippen LogP contribution in [0.15, 0.2) is 54.6 Å². The standard InChI is InChI=1S/C17H15FN2O2S/c1-22-15-5-3-2-4-14(15)19-17(23)20-16(21)11-8-12-6-9-13(18)10-7-12/h2-11H,1H3,(H2,19,20,21,23)/b11-8-. The van der Waals surface area contributed by atoms with Crippen molar-refractivity contribution in [3.63, 3.8) is 0 Å². The van der Waals surface area contributed by atoms with Crippen LogP contribution in [0, 0.1) is 5.82 Å². The first-order valence-electron chi connectivity index (χ1n) is 6.77. The lowest BCUT2D eigenvalue weighted by atomic mass is 10.2. The second kappa shape index (κ2) is 8.05. The minimum atomic E-state index is -0.387. The molecule has 2 aromatic rings. The number of hydrogen-bond acceptors (Lipinski definition) is 3. The molecule has 1 amide bonds. The van der Waals surface area contributed by atoms with E-state index < -0.39 is 0 Å². The maximum absolute atomic E-state index is 12.8. The fourth-order valence-electron chi connectivity index (χ4n) is 1.80. The highest BCUT2D eigenvalue weighted by molar-refractivity contribution is 7.80. The van der Waals surface area contributed by atoms with Crippen LogP contribution in [0.4, 0.5) is 10.1 Å². The van der Waals surface area contributed by atoms with Gasteiger partial charge in [-0.1, -0.05) is 24.3 Å². The van der Waals surface area contributed by atoms with E-state index in [0.29, 0.717) is 17.0 Å². The molecule has 0 aliphatic carbocycles. The van der Waals surface area contributed by atoms with Gasteiger partial charge in [-0.2, -0.15) is 0 Å². The van der Waals surface area contributed by atoms with Gasteiger partial charge in [-0.3, -0.25) is 10.1 Å². The van der Waals surface area contributed by atoms with E-state index in [-0.39, 0.29) is 16.8 Å². The average Bonchev–Trinajstić information content (AvgIpc) is 2.54. The molecule has 2 aromatic carbocycles. The number of carbonyl (C=O) groups is 1. The smallest absolute Gasteiger partial charge is 0.250 e. The molecule has 0 fully saturated rings. The number of rotatable bonds is 4. The number of nitrogens with one attached hydrogen (secondary N) is 2. The van der Waals surface area contributed by atoms with Crippen LogP contribution in [-0.2, 0) is 4.79 Å². The van der Waals surface area contributed by atoms with E-state index in [9.17, 15) is 9.18 Å². The number of hydrogen-bond donors (Lipinski definition) is 2. The van der Waals surface area contributed by atoms with Gasteiger partial charge >= 0.3 is 0 Å². The Hall–Kier alpha value is -2.73. The van der Waals surface area contributed by atoms with Crippen molar-refractivity contribution >= 4 is 35.0 Å². The summed E-state index contributed by atoms with van der Waals surface area (Å²) in [6, 6.07) is 13.0. The molecule has 2 rings (SSSR count). The highest BCUT2D eigenvalue weighted by Gasteiger charge is 2.05. The number of thiocarbonyl (C=S) groups is 1. The summed E-state index contributed by atoms with van der Waals surface area (Å²) in [7, 11) is 1.55. The van der Waals surface area contributed by atoms with Gasteiger partial charge in [0, 0.05) is 6.08 Å². The van der Waals surface area contributed by atoms with Gasteiger partial charge < -0.3 is 10.1 Å². The molecular weight excluding hydrogens is 315 g/mol. The normalized spacial score (nSPS) is 10.3. The molecule has 0 heterocycles. The highest BCUT2D eigenvalue weighted by atomic mass is 32.1. The minimum Gasteiger partial charge on any atom is -0.495 e. The lowest BCUT2D eigenvalue weighted by molar-refractivity contribution is -0.115. The molecule has 0 spiro atoms. The van der Waals surface area contributed by atoms with Crippen LogP contribution in [0.25, 0.3) is 6.08 Å². The van der Waals surface area contributed by atoms with Crippen LogP contribution in [0.5, 0.6) is 5.75 Å². The summed E-state index contributed by atoms with van der Waals surface area (Å²) >= 11 is 5.09. The number of anilines is 1. The van der Waals surface area contributed by atoms with Crippen molar-refractivity contribution in [3.05, 3.63) is 66.0 Å². The van der Waals surface area contributed by atoms with E-state index >= 15 is 0 Å². The molecule has 4 nitrogen and oxygen atoms in total. The Morgan fingerprint density at radius 2 is 1.87 bits per heavy atom. The van der Waals surface area contributed by atoms with Crippen molar-refractivity contribution in [1.29, 1.82) is 0 Å². The molecule has 6 heteroatoms. The van der Waals surface area contributed by atoms with E-state index in [4.69, 9.17) is 17.0 Å². The first-order valence-corrected chi connectivity index (χ1v) is 7.18. The molecule has 0 radical (unpaired) electrons. The molecule has 0 atom stereocenters. The molecule has 0 aliphatic heterocycles. The molecule has 0 unspecified atom stereocenters. The molecule has 0 aromatic heterocycles. The summed E-state index contributed by atoms with van der Waals surface area (Å²) in [4.78, 5) is 11.8. The van der Waals surface area contributed by atoms with Crippen LogP contribution in [0.1, 0.15) is 5.56 Å². The Morgan fingerprint density at radius 1 is 1.17 bits per heavy atom. The van der Waals surface area contributed by atoms with E-state index in [1.807, 2.05) is 12.1 Å². The summed E-state index contributed by atoms with van der Waals surface area (Å²) in [5, 5.41) is 5.57. The molecule has 118 valence electrons. The summed E-state index contributed by atoms with van der Waals surface area (Å²) < 4.78 is 18.0. The SMILES string of the molecule is COc1ccccc1NC(=S)NC(=O)/C=C\c1ccc(F)cc1. The molecule has 23 heavy (non-hydrogen) atoms. The van der Waals surface area contributed by atoms with Gasteiger partial charge in [-0.25, -0.2) is 4.39 Å². The molecular formula is C17H15FN2O2S. The predicted molar refractivity (Wildman–Crippen MR) is 92.8 cm³/mol. The van der Waals surface area contributed by atoms with Crippen molar-refractivity contribution in [2.75, 3.05) is 12.4 Å². The Kier molecular flexibility index (Phi) is 5.82. The number of para-hydroxylation sites is 2. The van der Waals surface area contributed by atoms with Gasteiger partial charge in [-0.05, 0) is 48.1 Å². The Morgan fingerprint density at radius 3 is 2.57 bits per heavy atom. The zero-order valence-corrected chi connectivity index (χ0v) is 13.2. The maximum Gasteiger partial charge on any atom is 0.250 e. The van der Waals surface area contributed by atoms with E-state index in [2.05, 4.69) is 10.6 Å². The van der Waals surface area contributed by atoms with Crippen LogP contribution in [0.2, 0.25) is 0 Å². The topological polar surface area (TPSA) is 50.4 Å². The average molecular weight is 330 g/mol. The number of carbonyl (C=O) groups excluding carboxylic acids is 1. The van der Waals surface area contributed by atoms with Crippen LogP contribution < -0.4 is 15.4 Å². The van der Waals surface area contributed by atoms with Gasteiger partial charge in [0.15, 0.2) is 5.11 Å². The monoisotopic (exact) mass is 330 g/mol. The lowest BCUT2D eigenvalue weighted by Crippen LogP contribution is -2.32. The maximum atomic E-state index is 12.8. The fraction of sp³-hybridized carbons (Fsp3) is 0.0588. The summed E-state index contributed by atoms with van der Waals surface area (Å²) in [6.07, 6.45) is 2.89. The van der Waals surface area contributed by atoms with Gasteiger partial charge in [0.05, 0.1) is 12.8 Å². The zero-order valence-electron chi connectivity index (χ0n) is 12.4. The van der Waals surface area contributed by atoms with Crippen LogP contribution in [0.3, 0.4) is 0 Å². The Bertz CT molecular complexity index is 730. The fourth-order valence-corrected chi connectivity index (χ4v) is 2.01. The summed E-state index contributed by atoms with van der Waals surface area (Å²) in [5.41, 5.74) is 1.37. The minimum absolute atomic E-state index is 0.156. The van der Waals surface area contributed by atoms with E-state index in [1.165, 1.54) is 18.2 Å².